The number of amides is 2. The van der Waals surface area contributed by atoms with E-state index >= 15 is 0 Å². The van der Waals surface area contributed by atoms with Crippen LogP contribution in [0.2, 0.25) is 0 Å². The SMILES string of the molecule is CSc1ccc(/C=C2\C(=O)N(c3ccccc3C)C(=O)c3ccccc32)cc1. The predicted octanol–water partition coefficient (Wildman–Crippen LogP) is 5.44. The minimum absolute atomic E-state index is 0.287. The molecule has 0 bridgehead atoms. The third kappa shape index (κ3) is 3.16. The Kier molecular flexibility index (Phi) is 4.88. The lowest BCUT2D eigenvalue weighted by molar-refractivity contribution is -0.112. The second-order valence-electron chi connectivity index (χ2n) is 6.61. The summed E-state index contributed by atoms with van der Waals surface area (Å²) < 4.78 is 0. The molecule has 0 aromatic heterocycles. The van der Waals surface area contributed by atoms with E-state index < -0.39 is 0 Å². The third-order valence-electron chi connectivity index (χ3n) is 4.87. The molecule has 4 heteroatoms. The van der Waals surface area contributed by atoms with Gasteiger partial charge in [0, 0.05) is 16.0 Å². The fourth-order valence-electron chi connectivity index (χ4n) is 3.39. The Bertz CT molecular complexity index is 1100. The van der Waals surface area contributed by atoms with Gasteiger partial charge >= 0.3 is 0 Å². The quantitative estimate of drug-likeness (QED) is 0.342. The highest BCUT2D eigenvalue weighted by atomic mass is 32.2. The number of rotatable bonds is 3. The van der Waals surface area contributed by atoms with Crippen LogP contribution in [0.1, 0.15) is 27.0 Å². The number of hydrogen-bond donors (Lipinski definition) is 0. The van der Waals surface area contributed by atoms with Crippen LogP contribution in [-0.4, -0.2) is 18.1 Å². The lowest BCUT2D eigenvalue weighted by Crippen LogP contribution is -2.42. The van der Waals surface area contributed by atoms with Gasteiger partial charge in [0.15, 0.2) is 0 Å². The van der Waals surface area contributed by atoms with E-state index in [1.54, 1.807) is 17.8 Å². The molecule has 0 unspecified atom stereocenters. The summed E-state index contributed by atoms with van der Waals surface area (Å²) in [5.74, 6) is -0.586. The number of para-hydroxylation sites is 1. The van der Waals surface area contributed by atoms with Gasteiger partial charge in [-0.05, 0) is 60.2 Å². The summed E-state index contributed by atoms with van der Waals surface area (Å²) >= 11 is 1.67. The number of hydrogen-bond acceptors (Lipinski definition) is 3. The molecule has 0 fully saturated rings. The van der Waals surface area contributed by atoms with Crippen molar-refractivity contribution in [3.05, 3.63) is 95.1 Å². The zero-order valence-corrected chi connectivity index (χ0v) is 16.5. The van der Waals surface area contributed by atoms with Crippen LogP contribution in [-0.2, 0) is 4.79 Å². The molecule has 1 heterocycles. The molecule has 0 saturated heterocycles. The van der Waals surface area contributed by atoms with Crippen LogP contribution in [0.5, 0.6) is 0 Å². The van der Waals surface area contributed by atoms with Gasteiger partial charge in [0.25, 0.3) is 11.8 Å². The largest absolute Gasteiger partial charge is 0.268 e. The second-order valence-corrected chi connectivity index (χ2v) is 7.49. The van der Waals surface area contributed by atoms with Crippen LogP contribution >= 0.6 is 11.8 Å². The van der Waals surface area contributed by atoms with Gasteiger partial charge in [-0.25, -0.2) is 4.90 Å². The molecule has 3 aromatic rings. The van der Waals surface area contributed by atoms with Gasteiger partial charge in [-0.3, -0.25) is 9.59 Å². The number of thioether (sulfide) groups is 1. The Morgan fingerprint density at radius 3 is 2.11 bits per heavy atom. The Hall–Kier alpha value is -3.11. The molecule has 3 aromatic carbocycles. The first-order valence-corrected chi connectivity index (χ1v) is 10.2. The van der Waals surface area contributed by atoms with Crippen molar-refractivity contribution < 1.29 is 9.59 Å². The summed E-state index contributed by atoms with van der Waals surface area (Å²) in [6, 6.07) is 22.8. The van der Waals surface area contributed by atoms with Crippen molar-refractivity contribution in [1.82, 2.24) is 0 Å². The lowest BCUT2D eigenvalue weighted by Gasteiger charge is -2.29. The van der Waals surface area contributed by atoms with Gasteiger partial charge in [-0.15, -0.1) is 11.8 Å². The molecule has 0 atom stereocenters. The van der Waals surface area contributed by atoms with Crippen molar-refractivity contribution >= 4 is 40.9 Å². The first kappa shape index (κ1) is 18.3. The fourth-order valence-corrected chi connectivity index (χ4v) is 3.80. The summed E-state index contributed by atoms with van der Waals surface area (Å²) in [6.45, 7) is 1.90. The number of imide groups is 1. The van der Waals surface area contributed by atoms with E-state index in [9.17, 15) is 9.59 Å². The van der Waals surface area contributed by atoms with Crippen LogP contribution in [0.3, 0.4) is 0 Å². The van der Waals surface area contributed by atoms with Crippen molar-refractivity contribution in [2.45, 2.75) is 11.8 Å². The monoisotopic (exact) mass is 385 g/mol. The molecule has 1 aliphatic rings. The minimum Gasteiger partial charge on any atom is -0.268 e. The van der Waals surface area contributed by atoms with Crippen LogP contribution in [0, 0.1) is 6.92 Å². The molecule has 0 aliphatic carbocycles. The average molecular weight is 385 g/mol. The first-order valence-electron chi connectivity index (χ1n) is 8.99. The van der Waals surface area contributed by atoms with E-state index in [0.29, 0.717) is 22.4 Å². The number of carbonyl (C=O) groups excluding carboxylic acids is 2. The van der Waals surface area contributed by atoms with Gasteiger partial charge in [-0.1, -0.05) is 48.5 Å². The molecule has 0 radical (unpaired) electrons. The lowest BCUT2D eigenvalue weighted by atomic mass is 9.91. The van der Waals surface area contributed by atoms with E-state index in [4.69, 9.17) is 0 Å². The van der Waals surface area contributed by atoms with Gasteiger partial charge in [0.1, 0.15) is 0 Å². The molecule has 0 saturated carbocycles. The van der Waals surface area contributed by atoms with Crippen molar-refractivity contribution in [2.24, 2.45) is 0 Å². The van der Waals surface area contributed by atoms with Crippen molar-refractivity contribution in [3.63, 3.8) is 0 Å². The highest BCUT2D eigenvalue weighted by Crippen LogP contribution is 2.34. The molecular formula is C24H19NO2S. The normalized spacial score (nSPS) is 15.1. The molecule has 3 nitrogen and oxygen atoms in total. The van der Waals surface area contributed by atoms with E-state index in [1.807, 2.05) is 86.0 Å². The topological polar surface area (TPSA) is 37.4 Å². The Morgan fingerprint density at radius 2 is 1.43 bits per heavy atom. The number of benzene rings is 3. The Balaban J connectivity index is 1.88. The highest BCUT2D eigenvalue weighted by molar-refractivity contribution is 7.98. The summed E-state index contributed by atoms with van der Waals surface area (Å²) in [7, 11) is 0. The van der Waals surface area contributed by atoms with Gasteiger partial charge < -0.3 is 0 Å². The maximum Gasteiger partial charge on any atom is 0.265 e. The minimum atomic E-state index is -0.299. The van der Waals surface area contributed by atoms with Crippen molar-refractivity contribution in [3.8, 4) is 0 Å². The molecule has 4 rings (SSSR count). The summed E-state index contributed by atoms with van der Waals surface area (Å²) in [5.41, 5.74) is 4.17. The van der Waals surface area contributed by atoms with Gasteiger partial charge in [0.2, 0.25) is 0 Å². The second kappa shape index (κ2) is 7.49. The van der Waals surface area contributed by atoms with E-state index in [2.05, 4.69) is 0 Å². The maximum absolute atomic E-state index is 13.4. The van der Waals surface area contributed by atoms with Gasteiger partial charge in [-0.2, -0.15) is 0 Å². The summed E-state index contributed by atoms with van der Waals surface area (Å²) in [4.78, 5) is 29.0. The van der Waals surface area contributed by atoms with Crippen LogP contribution < -0.4 is 4.90 Å². The molecular weight excluding hydrogens is 366 g/mol. The first-order chi connectivity index (χ1) is 13.6. The number of nitrogens with zero attached hydrogens (tertiary/aromatic N) is 1. The van der Waals surface area contributed by atoms with E-state index in [0.717, 1.165) is 16.0 Å². The number of fused-ring (bicyclic) bond motifs is 1. The molecule has 2 amide bonds. The van der Waals surface area contributed by atoms with Crippen LogP contribution in [0.15, 0.2) is 77.7 Å². The van der Waals surface area contributed by atoms with Crippen molar-refractivity contribution in [1.29, 1.82) is 0 Å². The molecule has 28 heavy (non-hydrogen) atoms. The number of carbonyl (C=O) groups is 2. The van der Waals surface area contributed by atoms with Gasteiger partial charge in [0.05, 0.1) is 5.69 Å². The van der Waals surface area contributed by atoms with Crippen molar-refractivity contribution in [2.75, 3.05) is 11.2 Å². The fraction of sp³-hybridized carbons (Fsp3) is 0.0833. The molecule has 0 N–H and O–H groups in total. The smallest absolute Gasteiger partial charge is 0.265 e. The highest BCUT2D eigenvalue weighted by Gasteiger charge is 2.36. The summed E-state index contributed by atoms with van der Waals surface area (Å²) in [6.07, 6.45) is 3.89. The van der Waals surface area contributed by atoms with E-state index in [-0.39, 0.29) is 11.8 Å². The number of anilines is 1. The van der Waals surface area contributed by atoms with Crippen LogP contribution in [0.4, 0.5) is 5.69 Å². The summed E-state index contributed by atoms with van der Waals surface area (Å²) in [5, 5.41) is 0. The number of aryl methyl sites for hydroxylation is 1. The van der Waals surface area contributed by atoms with E-state index in [1.165, 1.54) is 4.90 Å². The average Bonchev–Trinajstić information content (AvgIpc) is 2.73. The predicted molar refractivity (Wildman–Crippen MR) is 116 cm³/mol. The molecule has 1 aliphatic heterocycles. The van der Waals surface area contributed by atoms with Crippen LogP contribution in [0.25, 0.3) is 11.6 Å². The Morgan fingerprint density at radius 1 is 0.786 bits per heavy atom. The standard InChI is InChI=1S/C24H19NO2S/c1-16-7-3-6-10-22(16)25-23(26)20-9-5-4-8-19(20)21(24(25)27)15-17-11-13-18(28-2)14-12-17/h3-15H,1-2H3/b21-15-. The molecule has 138 valence electrons. The zero-order chi connectivity index (χ0) is 19.7. The zero-order valence-electron chi connectivity index (χ0n) is 15.7. The Labute approximate surface area is 168 Å². The third-order valence-corrected chi connectivity index (χ3v) is 5.61. The molecule has 0 spiro atoms. The maximum atomic E-state index is 13.4.